The second-order valence-corrected chi connectivity index (χ2v) is 7.46. The molecule has 1 aromatic carbocycles. The fourth-order valence-electron chi connectivity index (χ4n) is 2.67. The van der Waals surface area contributed by atoms with Gasteiger partial charge in [-0.1, -0.05) is 0 Å². The van der Waals surface area contributed by atoms with E-state index in [9.17, 15) is 23.2 Å². The van der Waals surface area contributed by atoms with Crippen LogP contribution in [0.15, 0.2) is 35.3 Å². The van der Waals surface area contributed by atoms with Crippen LogP contribution in [-0.4, -0.2) is 24.0 Å². The highest BCUT2D eigenvalue weighted by Crippen LogP contribution is 2.33. The maximum Gasteiger partial charge on any atom is 0.334 e. The number of pyridine rings is 1. The molecule has 0 aliphatic carbocycles. The molecule has 0 saturated heterocycles. The molecule has 0 saturated carbocycles. The monoisotopic (exact) mass is 410 g/mol. The standard InChI is InChI=1S/C17H16F2N4O4S/c1-17(2,3)27-13-8-10(18)7-12-15(13)20-14(22(12)28-19)9-21-6-4-5-11(16(21)24)23(25)26/h4-8H,9H2,1-3H3. The van der Waals surface area contributed by atoms with E-state index >= 15 is 0 Å². The van der Waals surface area contributed by atoms with Crippen LogP contribution < -0.4 is 10.3 Å². The zero-order valence-corrected chi connectivity index (χ0v) is 16.0. The van der Waals surface area contributed by atoms with E-state index in [-0.39, 0.29) is 41.5 Å². The predicted molar refractivity (Wildman–Crippen MR) is 101 cm³/mol. The number of rotatable bonds is 5. The van der Waals surface area contributed by atoms with Crippen LogP contribution >= 0.6 is 12.3 Å². The highest BCUT2D eigenvalue weighted by molar-refractivity contribution is 7.92. The molecule has 8 nitrogen and oxygen atoms in total. The Labute approximate surface area is 162 Å². The Morgan fingerprint density at radius 1 is 1.36 bits per heavy atom. The van der Waals surface area contributed by atoms with Crippen LogP contribution in [0.4, 0.5) is 14.0 Å². The lowest BCUT2D eigenvalue weighted by molar-refractivity contribution is -0.386. The fourth-order valence-corrected chi connectivity index (χ4v) is 3.06. The van der Waals surface area contributed by atoms with Crippen molar-refractivity contribution in [1.82, 2.24) is 13.5 Å². The Morgan fingerprint density at radius 3 is 2.68 bits per heavy atom. The van der Waals surface area contributed by atoms with E-state index in [0.717, 1.165) is 26.7 Å². The van der Waals surface area contributed by atoms with E-state index < -0.39 is 27.6 Å². The van der Waals surface area contributed by atoms with Crippen LogP contribution in [0.5, 0.6) is 5.75 Å². The molecule has 3 rings (SSSR count). The predicted octanol–water partition coefficient (Wildman–Crippen LogP) is 3.85. The van der Waals surface area contributed by atoms with E-state index in [1.54, 1.807) is 20.8 Å². The molecule has 0 radical (unpaired) electrons. The maximum absolute atomic E-state index is 14.0. The zero-order valence-electron chi connectivity index (χ0n) is 15.2. The maximum atomic E-state index is 14.0. The highest BCUT2D eigenvalue weighted by atomic mass is 32.2. The Bertz CT molecular complexity index is 1120. The van der Waals surface area contributed by atoms with Gasteiger partial charge in [0.05, 0.1) is 17.0 Å². The molecular weight excluding hydrogens is 394 g/mol. The van der Waals surface area contributed by atoms with Crippen molar-refractivity contribution in [2.75, 3.05) is 0 Å². The van der Waals surface area contributed by atoms with Crippen LogP contribution in [-0.2, 0) is 6.54 Å². The summed E-state index contributed by atoms with van der Waals surface area (Å²) in [5.74, 6) is -0.446. The summed E-state index contributed by atoms with van der Waals surface area (Å²) in [6.07, 6.45) is 1.33. The third-order valence-corrected chi connectivity index (χ3v) is 4.25. The van der Waals surface area contributed by atoms with Crippen molar-refractivity contribution in [2.24, 2.45) is 0 Å². The minimum Gasteiger partial charge on any atom is -0.486 e. The molecule has 0 bridgehead atoms. The minimum absolute atomic E-state index is 0.0643. The molecule has 28 heavy (non-hydrogen) atoms. The third kappa shape index (κ3) is 3.84. The number of aromatic nitrogens is 3. The smallest absolute Gasteiger partial charge is 0.334 e. The van der Waals surface area contributed by atoms with Gasteiger partial charge in [-0.25, -0.2) is 13.3 Å². The lowest BCUT2D eigenvalue weighted by atomic mass is 10.2. The first-order chi connectivity index (χ1) is 13.1. The number of hydrogen-bond acceptors (Lipinski definition) is 6. The van der Waals surface area contributed by atoms with E-state index in [1.807, 2.05) is 0 Å². The van der Waals surface area contributed by atoms with Gasteiger partial charge < -0.3 is 9.30 Å². The molecule has 0 amide bonds. The summed E-state index contributed by atoms with van der Waals surface area (Å²) in [6, 6.07) is 4.67. The third-order valence-electron chi connectivity index (χ3n) is 3.71. The van der Waals surface area contributed by atoms with Crippen molar-refractivity contribution in [3.63, 3.8) is 0 Å². The van der Waals surface area contributed by atoms with Crippen molar-refractivity contribution >= 4 is 29.1 Å². The van der Waals surface area contributed by atoms with E-state index in [2.05, 4.69) is 4.98 Å². The normalized spacial score (nSPS) is 11.8. The van der Waals surface area contributed by atoms with Crippen LogP contribution in [0.25, 0.3) is 11.0 Å². The molecule has 0 N–H and O–H groups in total. The van der Waals surface area contributed by atoms with Gasteiger partial charge in [-0.2, -0.15) is 0 Å². The zero-order chi connectivity index (χ0) is 20.6. The molecule has 148 valence electrons. The molecule has 2 heterocycles. The van der Waals surface area contributed by atoms with E-state index in [4.69, 9.17) is 4.74 Å². The summed E-state index contributed by atoms with van der Waals surface area (Å²) in [5.41, 5.74) is -1.77. The molecule has 0 atom stereocenters. The van der Waals surface area contributed by atoms with Crippen molar-refractivity contribution in [1.29, 1.82) is 0 Å². The fraction of sp³-hybridized carbons (Fsp3) is 0.294. The second-order valence-electron chi connectivity index (χ2n) is 6.96. The average molecular weight is 410 g/mol. The van der Waals surface area contributed by atoms with Crippen LogP contribution in [0.3, 0.4) is 0 Å². The Hall–Kier alpha value is -2.95. The minimum atomic E-state index is -0.854. The van der Waals surface area contributed by atoms with Crippen molar-refractivity contribution in [2.45, 2.75) is 32.9 Å². The van der Waals surface area contributed by atoms with Gasteiger partial charge in [0.25, 0.3) is 0 Å². The number of ether oxygens (including phenoxy) is 1. The van der Waals surface area contributed by atoms with E-state index in [1.165, 1.54) is 12.3 Å². The lowest BCUT2D eigenvalue weighted by Crippen LogP contribution is -2.23. The van der Waals surface area contributed by atoms with Gasteiger partial charge in [0.1, 0.15) is 22.8 Å². The molecule has 3 aromatic rings. The molecular formula is C17H16F2N4O4S. The summed E-state index contributed by atoms with van der Waals surface area (Å²) in [4.78, 5) is 26.7. The molecule has 0 fully saturated rings. The van der Waals surface area contributed by atoms with Gasteiger partial charge in [-0.15, -0.1) is 3.89 Å². The second kappa shape index (κ2) is 7.23. The summed E-state index contributed by atoms with van der Waals surface area (Å²) in [6.45, 7) is 5.07. The van der Waals surface area contributed by atoms with Crippen LogP contribution in [0, 0.1) is 15.9 Å². The highest BCUT2D eigenvalue weighted by Gasteiger charge is 2.22. The van der Waals surface area contributed by atoms with Crippen LogP contribution in [0.1, 0.15) is 26.6 Å². The molecule has 0 spiro atoms. The molecule has 0 aliphatic rings. The number of nitrogens with zero attached hydrogens (tertiary/aromatic N) is 4. The first kappa shape index (κ1) is 19.8. The van der Waals surface area contributed by atoms with Gasteiger partial charge in [-0.3, -0.25) is 14.9 Å². The van der Waals surface area contributed by atoms with Crippen LogP contribution in [0.2, 0.25) is 0 Å². The van der Waals surface area contributed by atoms with Gasteiger partial charge >= 0.3 is 11.2 Å². The summed E-state index contributed by atoms with van der Waals surface area (Å²) in [7, 11) is 0. The summed E-state index contributed by atoms with van der Waals surface area (Å²) >= 11 is -0.215. The van der Waals surface area contributed by atoms with E-state index in [0.29, 0.717) is 0 Å². The van der Waals surface area contributed by atoms with Gasteiger partial charge in [0.15, 0.2) is 18.1 Å². The van der Waals surface area contributed by atoms with Gasteiger partial charge in [-0.05, 0) is 26.8 Å². The van der Waals surface area contributed by atoms with Crippen molar-refractivity contribution in [3.8, 4) is 5.75 Å². The number of benzene rings is 1. The number of nitro groups is 1. The molecule has 0 unspecified atom stereocenters. The number of halogens is 2. The molecule has 11 heteroatoms. The van der Waals surface area contributed by atoms with Crippen molar-refractivity contribution in [3.05, 3.63) is 62.6 Å². The summed E-state index contributed by atoms with van der Waals surface area (Å²) < 4.78 is 35.5. The molecule has 0 aliphatic heterocycles. The van der Waals surface area contributed by atoms with Gasteiger partial charge in [0, 0.05) is 24.4 Å². The Kier molecular flexibility index (Phi) is 5.11. The molecule has 2 aromatic heterocycles. The Morgan fingerprint density at radius 2 is 2.07 bits per heavy atom. The quantitative estimate of drug-likeness (QED) is 0.469. The first-order valence-electron chi connectivity index (χ1n) is 8.13. The largest absolute Gasteiger partial charge is 0.486 e. The topological polar surface area (TPSA) is 92.2 Å². The average Bonchev–Trinajstić information content (AvgIpc) is 2.92. The first-order valence-corrected chi connectivity index (χ1v) is 8.81. The SMILES string of the molecule is CC(C)(C)Oc1cc(F)cc2c1nc(Cn1cccc([N+](=O)[O-])c1=O)n2SF. The number of hydrogen-bond donors (Lipinski definition) is 0. The number of fused-ring (bicyclic) bond motifs is 1. The summed E-state index contributed by atoms with van der Waals surface area (Å²) in [5, 5.41) is 11.0. The van der Waals surface area contributed by atoms with Crippen molar-refractivity contribution < 1.29 is 17.9 Å². The Balaban J connectivity index is 2.15. The lowest BCUT2D eigenvalue weighted by Gasteiger charge is -2.21. The number of imidazole rings is 1. The van der Waals surface area contributed by atoms with Gasteiger partial charge in [0.2, 0.25) is 0 Å².